The fraction of sp³-hybridized carbons (Fsp3) is 0.455. The molecule has 0 spiro atoms. The van der Waals surface area contributed by atoms with Gasteiger partial charge in [-0.25, -0.2) is 4.79 Å². The maximum Gasteiger partial charge on any atom is 0.407 e. The summed E-state index contributed by atoms with van der Waals surface area (Å²) in [5.41, 5.74) is 1.71. The van der Waals surface area contributed by atoms with Crippen molar-refractivity contribution >= 4 is 24.1 Å². The van der Waals surface area contributed by atoms with Crippen LogP contribution in [0.5, 0.6) is 5.75 Å². The summed E-state index contributed by atoms with van der Waals surface area (Å²) in [6.45, 7) is 3.76. The Bertz CT molecular complexity index is 940. The van der Waals surface area contributed by atoms with E-state index in [-0.39, 0.29) is 41.7 Å². The quantitative estimate of drug-likeness (QED) is 0.477. The van der Waals surface area contributed by atoms with Gasteiger partial charge in [0.2, 0.25) is 5.91 Å². The number of phenolic OH excluding ortho intramolecular Hbond substituents is 1. The number of aromatic nitrogens is 2. The van der Waals surface area contributed by atoms with E-state index in [1.807, 2.05) is 13.8 Å². The molecule has 2 atom stereocenters. The fourth-order valence-corrected chi connectivity index (χ4v) is 3.77. The number of H-pyrrole nitrogens is 1. The molecular formula is C22H28N4O5. The van der Waals surface area contributed by atoms with Gasteiger partial charge < -0.3 is 20.5 Å². The molecule has 1 aromatic carbocycles. The first-order chi connectivity index (χ1) is 14.9. The van der Waals surface area contributed by atoms with Crippen LogP contribution in [0.2, 0.25) is 0 Å². The summed E-state index contributed by atoms with van der Waals surface area (Å²) >= 11 is 0. The maximum absolute atomic E-state index is 12.3. The molecule has 1 aliphatic rings. The predicted octanol–water partition coefficient (Wildman–Crippen LogP) is 3.27. The molecule has 4 N–H and O–H groups in total. The number of aromatic hydroxyl groups is 1. The molecule has 2 amide bonds. The number of amides is 2. The van der Waals surface area contributed by atoms with Crippen molar-refractivity contribution in [3.8, 4) is 5.75 Å². The molecule has 0 radical (unpaired) electrons. The van der Waals surface area contributed by atoms with Crippen molar-refractivity contribution in [3.05, 3.63) is 41.1 Å². The number of nitrogens with one attached hydrogen (secondary N) is 3. The number of hydrogen-bond donors (Lipinski definition) is 4. The summed E-state index contributed by atoms with van der Waals surface area (Å²) in [5, 5.41) is 22.3. The lowest BCUT2D eigenvalue weighted by Crippen LogP contribution is -2.33. The normalized spacial score (nSPS) is 18.0. The van der Waals surface area contributed by atoms with Crippen LogP contribution in [0.25, 0.3) is 0 Å². The van der Waals surface area contributed by atoms with E-state index in [0.29, 0.717) is 30.5 Å². The first-order valence-electron chi connectivity index (χ1n) is 10.4. The van der Waals surface area contributed by atoms with Gasteiger partial charge in [-0.3, -0.25) is 14.7 Å². The number of benzene rings is 1. The lowest BCUT2D eigenvalue weighted by Gasteiger charge is -2.14. The van der Waals surface area contributed by atoms with Gasteiger partial charge in [-0.1, -0.05) is 12.1 Å². The number of hydrogen-bond acceptors (Lipinski definition) is 6. The molecule has 2 aromatic rings. The number of aryl methyl sites for hydroxylation is 1. The van der Waals surface area contributed by atoms with Crippen molar-refractivity contribution < 1.29 is 24.2 Å². The number of rotatable bonds is 8. The Hall–Kier alpha value is -3.36. The van der Waals surface area contributed by atoms with Crippen molar-refractivity contribution in [2.45, 2.75) is 64.0 Å². The molecule has 9 nitrogen and oxygen atoms in total. The summed E-state index contributed by atoms with van der Waals surface area (Å²) in [7, 11) is 0. The van der Waals surface area contributed by atoms with Crippen molar-refractivity contribution in [2.24, 2.45) is 0 Å². The van der Waals surface area contributed by atoms with E-state index in [9.17, 15) is 19.5 Å². The minimum Gasteiger partial charge on any atom is -0.507 e. The molecule has 1 heterocycles. The molecule has 166 valence electrons. The van der Waals surface area contributed by atoms with Crippen molar-refractivity contribution in [2.75, 3.05) is 5.32 Å². The Labute approximate surface area is 180 Å². The molecule has 3 rings (SSSR count). The number of anilines is 1. The van der Waals surface area contributed by atoms with Gasteiger partial charge in [0.1, 0.15) is 11.9 Å². The van der Waals surface area contributed by atoms with Gasteiger partial charge in [0.05, 0.1) is 5.56 Å². The maximum atomic E-state index is 12.3. The number of ether oxygens (including phenoxy) is 1. The molecule has 0 saturated heterocycles. The Morgan fingerprint density at radius 2 is 2.16 bits per heavy atom. The van der Waals surface area contributed by atoms with Gasteiger partial charge in [-0.05, 0) is 51.2 Å². The highest BCUT2D eigenvalue weighted by Crippen LogP contribution is 2.35. The predicted molar refractivity (Wildman–Crippen MR) is 114 cm³/mol. The summed E-state index contributed by atoms with van der Waals surface area (Å²) in [6, 6.07) is 6.61. The third kappa shape index (κ3) is 6.07. The highest BCUT2D eigenvalue weighted by Gasteiger charge is 2.30. The molecule has 31 heavy (non-hydrogen) atoms. The number of aromatic amines is 1. The first-order valence-corrected chi connectivity index (χ1v) is 10.4. The van der Waals surface area contributed by atoms with Crippen LogP contribution in [0.3, 0.4) is 0 Å². The number of aldehydes is 1. The van der Waals surface area contributed by atoms with Gasteiger partial charge in [-0.15, -0.1) is 0 Å². The second-order valence-electron chi connectivity index (χ2n) is 8.06. The molecule has 1 saturated carbocycles. The average Bonchev–Trinajstić information content (AvgIpc) is 3.35. The van der Waals surface area contributed by atoms with Crippen LogP contribution >= 0.6 is 0 Å². The minimum absolute atomic E-state index is 0.0288. The molecular weight excluding hydrogens is 400 g/mol. The summed E-state index contributed by atoms with van der Waals surface area (Å²) in [6.07, 6.45) is 2.87. The molecule has 1 fully saturated rings. The van der Waals surface area contributed by atoms with Gasteiger partial charge in [0.25, 0.3) is 0 Å². The zero-order chi connectivity index (χ0) is 22.4. The van der Waals surface area contributed by atoms with Crippen LogP contribution < -0.4 is 10.6 Å². The summed E-state index contributed by atoms with van der Waals surface area (Å²) in [5.74, 6) is 0.271. The average molecular weight is 428 g/mol. The first kappa shape index (κ1) is 22.3. The molecule has 1 aromatic heterocycles. The smallest absolute Gasteiger partial charge is 0.407 e. The van der Waals surface area contributed by atoms with Crippen LogP contribution in [0.4, 0.5) is 10.6 Å². The molecule has 0 aliphatic heterocycles. The van der Waals surface area contributed by atoms with E-state index in [1.54, 1.807) is 18.2 Å². The van der Waals surface area contributed by atoms with Crippen LogP contribution in [-0.2, 0) is 16.0 Å². The van der Waals surface area contributed by atoms with Crippen molar-refractivity contribution in [1.29, 1.82) is 0 Å². The van der Waals surface area contributed by atoms with Crippen LogP contribution in [0.1, 0.15) is 67.1 Å². The number of carbonyl (C=O) groups excluding carboxylic acids is 3. The van der Waals surface area contributed by atoms with Gasteiger partial charge in [0, 0.05) is 30.1 Å². The van der Waals surface area contributed by atoms with Crippen molar-refractivity contribution in [1.82, 2.24) is 15.5 Å². The Kier molecular flexibility index (Phi) is 7.28. The number of alkyl carbamates (subject to hydrolysis) is 1. The van der Waals surface area contributed by atoms with Crippen molar-refractivity contribution in [3.63, 3.8) is 0 Å². The van der Waals surface area contributed by atoms with E-state index < -0.39 is 6.09 Å². The zero-order valence-electron chi connectivity index (χ0n) is 17.7. The van der Waals surface area contributed by atoms with E-state index in [1.165, 1.54) is 6.07 Å². The van der Waals surface area contributed by atoms with E-state index >= 15 is 0 Å². The Morgan fingerprint density at radius 3 is 2.90 bits per heavy atom. The Morgan fingerprint density at radius 1 is 1.35 bits per heavy atom. The highest BCUT2D eigenvalue weighted by molar-refractivity contribution is 5.90. The lowest BCUT2D eigenvalue weighted by atomic mass is 10.0. The zero-order valence-corrected chi connectivity index (χ0v) is 17.7. The topological polar surface area (TPSA) is 133 Å². The van der Waals surface area contributed by atoms with E-state index in [0.717, 1.165) is 18.5 Å². The molecule has 9 heteroatoms. The van der Waals surface area contributed by atoms with Crippen LogP contribution in [-0.4, -0.2) is 45.7 Å². The summed E-state index contributed by atoms with van der Waals surface area (Å²) in [4.78, 5) is 35.2. The third-order valence-corrected chi connectivity index (χ3v) is 5.28. The van der Waals surface area contributed by atoms with Gasteiger partial charge >= 0.3 is 6.09 Å². The minimum atomic E-state index is -0.400. The SMILES string of the molecule is CC(C)NC(=O)OC1CCC(c2cc(NC(=O)CCc3cccc(O)c3C=O)n[nH]2)C1. The van der Waals surface area contributed by atoms with Crippen LogP contribution in [0, 0.1) is 0 Å². The van der Waals surface area contributed by atoms with Crippen LogP contribution in [0.15, 0.2) is 24.3 Å². The number of phenols is 1. The van der Waals surface area contributed by atoms with Gasteiger partial charge in [-0.2, -0.15) is 5.10 Å². The fourth-order valence-electron chi connectivity index (χ4n) is 3.77. The van der Waals surface area contributed by atoms with E-state index in [4.69, 9.17) is 4.74 Å². The monoisotopic (exact) mass is 428 g/mol. The standard InChI is InChI=1S/C22H28N4O5/c1-13(2)23-22(30)31-16-8-6-15(10-16)18-11-20(26-25-18)24-21(29)9-7-14-4-3-5-19(28)17(14)12-27/h3-5,11-13,15-16,28H,6-10H2,1-2H3,(H,23,30)(H2,24,25,26,29). The molecule has 2 unspecified atom stereocenters. The number of nitrogens with zero attached hydrogens (tertiary/aromatic N) is 1. The molecule has 1 aliphatic carbocycles. The highest BCUT2D eigenvalue weighted by atomic mass is 16.6. The second kappa shape index (κ2) is 10.1. The summed E-state index contributed by atoms with van der Waals surface area (Å²) < 4.78 is 5.45. The second-order valence-corrected chi connectivity index (χ2v) is 8.06. The van der Waals surface area contributed by atoms with E-state index in [2.05, 4.69) is 20.8 Å². The van der Waals surface area contributed by atoms with Gasteiger partial charge in [0.15, 0.2) is 12.1 Å². The molecule has 0 bridgehead atoms. The third-order valence-electron chi connectivity index (χ3n) is 5.28. The largest absolute Gasteiger partial charge is 0.507 e. The lowest BCUT2D eigenvalue weighted by molar-refractivity contribution is -0.116. The number of carbonyl (C=O) groups is 3. The Balaban J connectivity index is 1.49.